The van der Waals surface area contributed by atoms with Gasteiger partial charge >= 0.3 is 0 Å². The number of rotatable bonds is 5. The molecule has 3 nitrogen and oxygen atoms in total. The zero-order chi connectivity index (χ0) is 14.8. The van der Waals surface area contributed by atoms with Crippen LogP contribution in [0.3, 0.4) is 0 Å². The summed E-state index contributed by atoms with van der Waals surface area (Å²) in [5.74, 6) is 2.15. The number of pyridine rings is 1. The largest absolute Gasteiger partial charge is 0.373 e. The molecule has 0 N–H and O–H groups in total. The second-order valence-corrected chi connectivity index (χ2v) is 8.80. The van der Waals surface area contributed by atoms with Crippen LogP contribution >= 0.6 is 11.8 Å². The molecule has 0 bridgehead atoms. The number of aromatic nitrogens is 1. The Kier molecular flexibility index (Phi) is 4.43. The van der Waals surface area contributed by atoms with Crippen LogP contribution in [0.2, 0.25) is 0 Å². The molecule has 2 aliphatic heterocycles. The molecule has 2 saturated heterocycles. The van der Waals surface area contributed by atoms with Crippen molar-refractivity contribution in [3.8, 4) is 0 Å². The molecule has 0 radical (unpaired) electrons. The van der Waals surface area contributed by atoms with E-state index in [0.29, 0.717) is 17.5 Å². The van der Waals surface area contributed by atoms with E-state index in [-0.39, 0.29) is 0 Å². The fourth-order valence-corrected chi connectivity index (χ4v) is 5.89. The number of ether oxygens (including phenoxy) is 1. The summed E-state index contributed by atoms with van der Waals surface area (Å²) in [6.07, 6.45) is 11.2. The standard InChI is InChI=1S/C18H26N2OS/c1-2-5-15(4-1)10-20-13-18(14-20)8-17(12-22-18)21-11-16-6-3-7-19-9-16/h3,6-7,9,15,17H,1-2,4-5,8,10-14H2/t17-/m0/s1. The molecule has 22 heavy (non-hydrogen) atoms. The van der Waals surface area contributed by atoms with Crippen molar-refractivity contribution < 1.29 is 4.74 Å². The molecule has 1 aromatic heterocycles. The van der Waals surface area contributed by atoms with E-state index < -0.39 is 0 Å². The fraction of sp³-hybridized carbons (Fsp3) is 0.722. The van der Waals surface area contributed by atoms with Gasteiger partial charge in [-0.2, -0.15) is 0 Å². The van der Waals surface area contributed by atoms with Crippen LogP contribution in [0.1, 0.15) is 37.7 Å². The summed E-state index contributed by atoms with van der Waals surface area (Å²) in [4.78, 5) is 6.84. The number of hydrogen-bond donors (Lipinski definition) is 0. The number of hydrogen-bond acceptors (Lipinski definition) is 4. The molecule has 1 atom stereocenters. The Bertz CT molecular complexity index is 483. The summed E-state index contributed by atoms with van der Waals surface area (Å²) in [5, 5.41) is 0. The molecule has 3 aliphatic rings. The Hall–Kier alpha value is -0.580. The summed E-state index contributed by atoms with van der Waals surface area (Å²) in [5.41, 5.74) is 1.19. The minimum Gasteiger partial charge on any atom is -0.373 e. The third-order valence-electron chi connectivity index (χ3n) is 5.40. The van der Waals surface area contributed by atoms with Gasteiger partial charge in [0.25, 0.3) is 0 Å². The van der Waals surface area contributed by atoms with E-state index in [1.54, 1.807) is 0 Å². The van der Waals surface area contributed by atoms with Gasteiger partial charge in [0.15, 0.2) is 0 Å². The van der Waals surface area contributed by atoms with Crippen LogP contribution in [0.25, 0.3) is 0 Å². The molecule has 3 fully saturated rings. The van der Waals surface area contributed by atoms with Crippen molar-refractivity contribution in [2.45, 2.75) is 49.6 Å². The van der Waals surface area contributed by atoms with E-state index in [9.17, 15) is 0 Å². The van der Waals surface area contributed by atoms with Gasteiger partial charge in [-0.3, -0.25) is 4.98 Å². The van der Waals surface area contributed by atoms with Crippen molar-refractivity contribution in [2.24, 2.45) is 5.92 Å². The van der Waals surface area contributed by atoms with E-state index in [2.05, 4.69) is 27.7 Å². The van der Waals surface area contributed by atoms with E-state index in [4.69, 9.17) is 4.74 Å². The Morgan fingerprint density at radius 2 is 2.18 bits per heavy atom. The molecule has 0 unspecified atom stereocenters. The van der Waals surface area contributed by atoms with E-state index >= 15 is 0 Å². The van der Waals surface area contributed by atoms with Gasteiger partial charge < -0.3 is 9.64 Å². The first-order valence-corrected chi connectivity index (χ1v) is 9.67. The normalized spacial score (nSPS) is 28.3. The van der Waals surface area contributed by atoms with Crippen LogP contribution in [0, 0.1) is 5.92 Å². The van der Waals surface area contributed by atoms with Gasteiger partial charge in [-0.25, -0.2) is 0 Å². The predicted molar refractivity (Wildman–Crippen MR) is 91.0 cm³/mol. The molecule has 3 heterocycles. The predicted octanol–water partition coefficient (Wildman–Crippen LogP) is 3.35. The molecule has 1 aliphatic carbocycles. The van der Waals surface area contributed by atoms with Crippen LogP contribution in [0.15, 0.2) is 24.5 Å². The van der Waals surface area contributed by atoms with Crippen molar-refractivity contribution >= 4 is 11.8 Å². The fourth-order valence-electron chi connectivity index (χ4n) is 4.28. The molecule has 0 aromatic carbocycles. The van der Waals surface area contributed by atoms with Crippen LogP contribution in [-0.2, 0) is 11.3 Å². The van der Waals surface area contributed by atoms with Crippen LogP contribution in [0.5, 0.6) is 0 Å². The molecule has 1 aromatic rings. The average Bonchev–Trinajstić information content (AvgIpc) is 3.16. The first-order valence-electron chi connectivity index (χ1n) is 8.68. The van der Waals surface area contributed by atoms with Crippen LogP contribution in [0.4, 0.5) is 0 Å². The van der Waals surface area contributed by atoms with Gasteiger partial charge in [0, 0.05) is 42.5 Å². The first-order chi connectivity index (χ1) is 10.8. The summed E-state index contributed by atoms with van der Waals surface area (Å²) < 4.78 is 6.62. The minimum absolute atomic E-state index is 0.429. The van der Waals surface area contributed by atoms with Gasteiger partial charge in [-0.05, 0) is 36.8 Å². The second-order valence-electron chi connectivity index (χ2n) is 7.31. The molecular formula is C18H26N2OS. The third-order valence-corrected chi connectivity index (χ3v) is 6.97. The summed E-state index contributed by atoms with van der Waals surface area (Å²) in [7, 11) is 0. The maximum Gasteiger partial charge on any atom is 0.0736 e. The van der Waals surface area contributed by atoms with Crippen molar-refractivity contribution in [1.82, 2.24) is 9.88 Å². The lowest BCUT2D eigenvalue weighted by Gasteiger charge is -2.48. The van der Waals surface area contributed by atoms with Crippen molar-refractivity contribution in [1.29, 1.82) is 0 Å². The van der Waals surface area contributed by atoms with E-state index in [0.717, 1.165) is 11.7 Å². The quantitative estimate of drug-likeness (QED) is 0.831. The highest BCUT2D eigenvalue weighted by Crippen LogP contribution is 2.46. The SMILES string of the molecule is c1cncc(CO[C@@H]2CSC3(C2)CN(CC2CCCC2)C3)c1. The van der Waals surface area contributed by atoms with Gasteiger partial charge in [0.1, 0.15) is 0 Å². The van der Waals surface area contributed by atoms with Crippen molar-refractivity contribution in [2.75, 3.05) is 25.4 Å². The number of nitrogens with zero attached hydrogens (tertiary/aromatic N) is 2. The smallest absolute Gasteiger partial charge is 0.0736 e. The lowest BCUT2D eigenvalue weighted by molar-refractivity contribution is 0.0248. The first kappa shape index (κ1) is 15.0. The molecular weight excluding hydrogens is 292 g/mol. The highest BCUT2D eigenvalue weighted by Gasteiger charge is 2.49. The molecule has 4 rings (SSSR count). The highest BCUT2D eigenvalue weighted by atomic mass is 32.2. The zero-order valence-electron chi connectivity index (χ0n) is 13.2. The monoisotopic (exact) mass is 318 g/mol. The lowest BCUT2D eigenvalue weighted by Crippen LogP contribution is -2.59. The van der Waals surface area contributed by atoms with Crippen LogP contribution in [-0.4, -0.2) is 46.1 Å². The van der Waals surface area contributed by atoms with Gasteiger partial charge in [-0.1, -0.05) is 18.9 Å². The maximum absolute atomic E-state index is 6.11. The number of thioether (sulfide) groups is 1. The van der Waals surface area contributed by atoms with Crippen LogP contribution < -0.4 is 0 Å². The summed E-state index contributed by atoms with van der Waals surface area (Å²) in [6.45, 7) is 4.65. The van der Waals surface area contributed by atoms with E-state index in [1.807, 2.05) is 18.5 Å². The highest BCUT2D eigenvalue weighted by molar-refractivity contribution is 8.01. The summed E-state index contributed by atoms with van der Waals surface area (Å²) in [6, 6.07) is 4.08. The second kappa shape index (κ2) is 6.50. The minimum atomic E-state index is 0.429. The van der Waals surface area contributed by atoms with Gasteiger partial charge in [-0.15, -0.1) is 11.8 Å². The molecule has 120 valence electrons. The Balaban J connectivity index is 1.20. The Morgan fingerprint density at radius 3 is 2.95 bits per heavy atom. The lowest BCUT2D eigenvalue weighted by atomic mass is 9.91. The third kappa shape index (κ3) is 3.34. The van der Waals surface area contributed by atoms with Gasteiger partial charge in [0.2, 0.25) is 0 Å². The Labute approximate surface area is 137 Å². The van der Waals surface area contributed by atoms with E-state index in [1.165, 1.54) is 57.3 Å². The molecule has 0 amide bonds. The molecule has 4 heteroatoms. The molecule has 1 saturated carbocycles. The zero-order valence-corrected chi connectivity index (χ0v) is 14.1. The Morgan fingerprint density at radius 1 is 1.32 bits per heavy atom. The maximum atomic E-state index is 6.11. The van der Waals surface area contributed by atoms with Gasteiger partial charge in [0.05, 0.1) is 12.7 Å². The summed E-state index contributed by atoms with van der Waals surface area (Å²) >= 11 is 2.15. The molecule has 1 spiro atoms. The van der Waals surface area contributed by atoms with Crippen molar-refractivity contribution in [3.63, 3.8) is 0 Å². The number of likely N-dealkylation sites (tertiary alicyclic amines) is 1. The van der Waals surface area contributed by atoms with Crippen molar-refractivity contribution in [3.05, 3.63) is 30.1 Å². The topological polar surface area (TPSA) is 25.4 Å². The average molecular weight is 318 g/mol.